The van der Waals surface area contributed by atoms with Crippen LogP contribution in [0.3, 0.4) is 0 Å². The average molecular weight is 422 g/mol. The molecule has 2 aromatic carbocycles. The van der Waals surface area contributed by atoms with Crippen LogP contribution in [0.5, 0.6) is 0 Å². The fourth-order valence-corrected chi connectivity index (χ4v) is 2.73. The number of rotatable bonds is 8. The number of nitrogens with two attached hydrogens (primary N) is 1. The number of carbonyl (C=O) groups is 2. The van der Waals surface area contributed by atoms with Crippen LogP contribution in [-0.4, -0.2) is 22.9 Å². The summed E-state index contributed by atoms with van der Waals surface area (Å²) < 4.78 is 5.14. The molecule has 2 aromatic rings. The Bertz CT molecular complexity index is 855. The molecule has 0 saturated carbocycles. The van der Waals surface area contributed by atoms with E-state index < -0.39 is 16.9 Å². The van der Waals surface area contributed by atoms with Crippen LogP contribution in [-0.2, 0) is 20.7 Å². The van der Waals surface area contributed by atoms with Gasteiger partial charge in [0.25, 0.3) is 5.69 Å². The number of ether oxygens (including phenoxy) is 1. The van der Waals surface area contributed by atoms with Crippen LogP contribution in [0.15, 0.2) is 48.5 Å². The molecule has 9 heteroatoms. The number of amides is 1. The molecule has 1 amide bonds. The number of nitrogens with one attached hydrogen (secondary N) is 1. The lowest BCUT2D eigenvalue weighted by Crippen LogP contribution is -2.32. The first-order valence-corrected chi connectivity index (χ1v) is 8.83. The topological polar surface area (TPSA) is 125 Å². The van der Waals surface area contributed by atoms with Crippen LogP contribution in [0.4, 0.5) is 11.4 Å². The average Bonchev–Trinajstić information content (AvgIpc) is 2.62. The van der Waals surface area contributed by atoms with Crippen molar-refractivity contribution in [2.45, 2.75) is 38.8 Å². The largest absolute Gasteiger partial charge is 0.463 e. The summed E-state index contributed by atoms with van der Waals surface area (Å²) in [6.07, 6.45) is -0.489. The van der Waals surface area contributed by atoms with Crippen molar-refractivity contribution in [3.8, 4) is 0 Å². The first-order chi connectivity index (χ1) is 13.3. The highest BCUT2D eigenvalue weighted by molar-refractivity contribution is 5.85. The van der Waals surface area contributed by atoms with Gasteiger partial charge < -0.3 is 15.8 Å². The van der Waals surface area contributed by atoms with Crippen LogP contribution >= 0.6 is 12.4 Å². The van der Waals surface area contributed by atoms with Crippen molar-refractivity contribution in [3.63, 3.8) is 0 Å². The van der Waals surface area contributed by atoms with Gasteiger partial charge in [-0.25, -0.2) is 0 Å². The number of halogens is 1. The summed E-state index contributed by atoms with van der Waals surface area (Å²) in [5, 5.41) is 14.1. The van der Waals surface area contributed by atoms with Crippen molar-refractivity contribution >= 4 is 35.7 Å². The van der Waals surface area contributed by atoms with E-state index in [1.165, 1.54) is 18.2 Å². The summed E-state index contributed by atoms with van der Waals surface area (Å²) in [4.78, 5) is 35.5. The number of hydrogen-bond donors (Lipinski definition) is 2. The number of nitrogen functional groups attached to an aromatic ring is 1. The Morgan fingerprint density at radius 2 is 1.76 bits per heavy atom. The highest BCUT2D eigenvalue weighted by Crippen LogP contribution is 2.27. The molecule has 8 nitrogen and oxygen atoms in total. The predicted octanol–water partition coefficient (Wildman–Crippen LogP) is 3.34. The van der Waals surface area contributed by atoms with Crippen molar-refractivity contribution in [2.75, 3.05) is 5.73 Å². The standard InChI is InChI=1S/C20H23N3O5.ClH/c1-13(2)28-20(25)12-17(16-5-3-4-6-18(16)23(26)27)22-19(24)11-14-7-9-15(21)10-8-14;/h3-10,13,17H,11-12,21H2,1-2H3,(H,22,24);1H. The van der Waals surface area contributed by atoms with Crippen LogP contribution < -0.4 is 11.1 Å². The van der Waals surface area contributed by atoms with Crippen LogP contribution in [0.1, 0.15) is 37.4 Å². The molecule has 1 atom stereocenters. The molecule has 0 radical (unpaired) electrons. The summed E-state index contributed by atoms with van der Waals surface area (Å²) >= 11 is 0. The Balaban J connectivity index is 0.00000420. The normalized spacial score (nSPS) is 11.3. The van der Waals surface area contributed by atoms with Gasteiger partial charge in [0.1, 0.15) is 0 Å². The quantitative estimate of drug-likeness (QED) is 0.291. The molecule has 2 rings (SSSR count). The van der Waals surface area contributed by atoms with E-state index in [9.17, 15) is 19.7 Å². The Morgan fingerprint density at radius 1 is 1.14 bits per heavy atom. The number of nitro groups is 1. The Morgan fingerprint density at radius 3 is 2.34 bits per heavy atom. The molecule has 0 saturated heterocycles. The SMILES string of the molecule is CC(C)OC(=O)CC(NC(=O)Cc1ccc(N)cc1)c1ccccc1[N+](=O)[O-].Cl. The van der Waals surface area contributed by atoms with Crippen molar-refractivity contribution in [2.24, 2.45) is 0 Å². The second-order valence-electron chi connectivity index (χ2n) is 6.60. The van der Waals surface area contributed by atoms with Crippen LogP contribution in [0, 0.1) is 10.1 Å². The Kier molecular flexibility index (Phi) is 9.08. The number of nitrogens with zero attached hydrogens (tertiary/aromatic N) is 1. The van der Waals surface area contributed by atoms with E-state index >= 15 is 0 Å². The van der Waals surface area contributed by atoms with E-state index in [1.807, 2.05) is 0 Å². The van der Waals surface area contributed by atoms with E-state index in [1.54, 1.807) is 44.2 Å². The minimum atomic E-state index is -0.880. The van der Waals surface area contributed by atoms with Crippen molar-refractivity contribution < 1.29 is 19.2 Å². The molecule has 0 heterocycles. The molecule has 0 aliphatic rings. The highest BCUT2D eigenvalue weighted by atomic mass is 35.5. The number of esters is 1. The first kappa shape index (κ1) is 23.9. The molecule has 29 heavy (non-hydrogen) atoms. The smallest absolute Gasteiger partial charge is 0.308 e. The van der Waals surface area contributed by atoms with Crippen molar-refractivity contribution in [3.05, 3.63) is 69.8 Å². The second kappa shape index (κ2) is 11.0. The van der Waals surface area contributed by atoms with Crippen LogP contribution in [0.2, 0.25) is 0 Å². The maximum absolute atomic E-state index is 12.5. The maximum atomic E-state index is 12.5. The predicted molar refractivity (Wildman–Crippen MR) is 112 cm³/mol. The molecular weight excluding hydrogens is 398 g/mol. The molecule has 0 aliphatic heterocycles. The third-order valence-electron chi connectivity index (χ3n) is 3.93. The van der Waals surface area contributed by atoms with Crippen LogP contribution in [0.25, 0.3) is 0 Å². The lowest BCUT2D eigenvalue weighted by Gasteiger charge is -2.19. The number of benzene rings is 2. The maximum Gasteiger partial charge on any atom is 0.308 e. The molecule has 1 unspecified atom stereocenters. The van der Waals surface area contributed by atoms with Gasteiger partial charge >= 0.3 is 5.97 Å². The van der Waals surface area contributed by atoms with Gasteiger partial charge in [-0.2, -0.15) is 0 Å². The minimum Gasteiger partial charge on any atom is -0.463 e. The fourth-order valence-electron chi connectivity index (χ4n) is 2.73. The van der Waals surface area contributed by atoms with E-state index in [2.05, 4.69) is 5.32 Å². The van der Waals surface area contributed by atoms with Gasteiger partial charge in [-0.15, -0.1) is 12.4 Å². The summed E-state index contributed by atoms with van der Waals surface area (Å²) in [6, 6.07) is 11.9. The third kappa shape index (κ3) is 7.42. The zero-order valence-corrected chi connectivity index (χ0v) is 17.0. The highest BCUT2D eigenvalue weighted by Gasteiger charge is 2.26. The van der Waals surface area contributed by atoms with Crippen molar-refractivity contribution in [1.29, 1.82) is 0 Å². The summed E-state index contributed by atoms with van der Waals surface area (Å²) in [5.41, 5.74) is 7.03. The zero-order valence-electron chi connectivity index (χ0n) is 16.2. The van der Waals surface area contributed by atoms with Gasteiger partial charge in [-0.3, -0.25) is 19.7 Å². The molecule has 0 fully saturated rings. The van der Waals surface area contributed by atoms with E-state index in [0.717, 1.165) is 5.56 Å². The third-order valence-corrected chi connectivity index (χ3v) is 3.93. The summed E-state index contributed by atoms with van der Waals surface area (Å²) in [6.45, 7) is 3.41. The lowest BCUT2D eigenvalue weighted by atomic mass is 10.0. The molecular formula is C20H24ClN3O5. The monoisotopic (exact) mass is 421 g/mol. The van der Waals surface area contributed by atoms with Gasteiger partial charge in [-0.1, -0.05) is 30.3 Å². The van der Waals surface area contributed by atoms with Gasteiger partial charge in [0, 0.05) is 11.8 Å². The zero-order chi connectivity index (χ0) is 20.7. The van der Waals surface area contributed by atoms with Gasteiger partial charge in [0.15, 0.2) is 0 Å². The van der Waals surface area contributed by atoms with Gasteiger partial charge in [0.05, 0.1) is 35.5 Å². The van der Waals surface area contributed by atoms with Crippen molar-refractivity contribution in [1.82, 2.24) is 5.32 Å². The van der Waals surface area contributed by atoms with E-state index in [4.69, 9.17) is 10.5 Å². The Hall–Kier alpha value is -3.13. The number of nitro benzene ring substituents is 1. The minimum absolute atomic E-state index is 0. The summed E-state index contributed by atoms with van der Waals surface area (Å²) in [5.74, 6) is -0.920. The fraction of sp³-hybridized carbons (Fsp3) is 0.300. The second-order valence-corrected chi connectivity index (χ2v) is 6.60. The van der Waals surface area contributed by atoms with E-state index in [-0.39, 0.29) is 48.5 Å². The molecule has 156 valence electrons. The molecule has 0 bridgehead atoms. The van der Waals surface area contributed by atoms with E-state index in [0.29, 0.717) is 5.69 Å². The number of carbonyl (C=O) groups excluding carboxylic acids is 2. The Labute approximate surface area is 175 Å². The number of hydrogen-bond acceptors (Lipinski definition) is 6. The lowest BCUT2D eigenvalue weighted by molar-refractivity contribution is -0.385. The molecule has 3 N–H and O–H groups in total. The first-order valence-electron chi connectivity index (χ1n) is 8.83. The number of anilines is 1. The summed E-state index contributed by atoms with van der Waals surface area (Å²) in [7, 11) is 0. The molecule has 0 spiro atoms. The number of para-hydroxylation sites is 1. The molecule has 0 aliphatic carbocycles. The van der Waals surface area contributed by atoms with Gasteiger partial charge in [0.2, 0.25) is 5.91 Å². The van der Waals surface area contributed by atoms with Gasteiger partial charge in [-0.05, 0) is 31.5 Å². The molecule has 0 aromatic heterocycles.